The van der Waals surface area contributed by atoms with Crippen molar-refractivity contribution in [2.45, 2.75) is 6.92 Å². The van der Waals surface area contributed by atoms with Crippen LogP contribution in [0.4, 0.5) is 0 Å². The van der Waals surface area contributed by atoms with E-state index >= 15 is 0 Å². The van der Waals surface area contributed by atoms with Gasteiger partial charge in [-0.2, -0.15) is 0 Å². The molecule has 80 valence electrons. The molecule has 0 amide bonds. The Morgan fingerprint density at radius 1 is 1.12 bits per heavy atom. The molecule has 2 aromatic carbocycles. The normalized spacial score (nSPS) is 11.8. The van der Waals surface area contributed by atoms with E-state index in [1.807, 2.05) is 31.2 Å². The van der Waals surface area contributed by atoms with Crippen molar-refractivity contribution < 1.29 is 0 Å². The third-order valence-corrected chi connectivity index (χ3v) is 2.62. The Hall–Kier alpha value is -1.53. The van der Waals surface area contributed by atoms with E-state index in [-0.39, 0.29) is 0 Å². The lowest BCUT2D eigenvalue weighted by molar-refractivity contribution is 1.63. The third kappa shape index (κ3) is 2.17. The summed E-state index contributed by atoms with van der Waals surface area (Å²) >= 11 is 5.87. The maximum Gasteiger partial charge on any atom is 0.0155 e. The second kappa shape index (κ2) is 4.54. The average Bonchev–Trinajstić information content (AvgIpc) is 2.27. The van der Waals surface area contributed by atoms with Crippen molar-refractivity contribution in [2.24, 2.45) is 0 Å². The molecule has 0 aliphatic rings. The lowest BCUT2D eigenvalue weighted by atomic mass is 9.99. The lowest BCUT2D eigenvalue weighted by Gasteiger charge is -2.06. The fourth-order valence-electron chi connectivity index (χ4n) is 1.82. The molecular weight excluding hydrogens is 216 g/mol. The predicted octanol–water partition coefficient (Wildman–Crippen LogP) is 5.00. The molecule has 0 saturated carbocycles. The zero-order chi connectivity index (χ0) is 11.5. The largest absolute Gasteiger partial charge is 0.0911 e. The fourth-order valence-corrected chi connectivity index (χ4v) is 1.95. The van der Waals surface area contributed by atoms with Gasteiger partial charge in [0.05, 0.1) is 0 Å². The van der Waals surface area contributed by atoms with E-state index in [9.17, 15) is 0 Å². The van der Waals surface area contributed by atoms with Gasteiger partial charge in [0.25, 0.3) is 0 Å². The van der Waals surface area contributed by atoms with Crippen LogP contribution in [0, 0.1) is 0 Å². The molecule has 1 heteroatoms. The molecule has 0 nitrogen and oxygen atoms in total. The summed E-state index contributed by atoms with van der Waals surface area (Å²) in [6.45, 7) is 5.91. The van der Waals surface area contributed by atoms with Crippen LogP contribution in [0.1, 0.15) is 12.5 Å². The quantitative estimate of drug-likeness (QED) is 0.635. The molecule has 0 aliphatic carbocycles. The molecule has 0 unspecified atom stereocenters. The second-order valence-electron chi connectivity index (χ2n) is 3.78. The van der Waals surface area contributed by atoms with Crippen LogP contribution >= 0.6 is 11.6 Å². The SMILES string of the molecule is C=C(/C=C(\C)Cl)c1cccc2ccccc12. The van der Waals surface area contributed by atoms with Crippen LogP contribution in [-0.2, 0) is 0 Å². The van der Waals surface area contributed by atoms with Crippen LogP contribution in [-0.4, -0.2) is 0 Å². The van der Waals surface area contributed by atoms with Gasteiger partial charge in [-0.1, -0.05) is 60.6 Å². The van der Waals surface area contributed by atoms with E-state index in [1.54, 1.807) is 0 Å². The Balaban J connectivity index is 2.61. The molecule has 16 heavy (non-hydrogen) atoms. The first-order valence-electron chi connectivity index (χ1n) is 5.19. The Bertz CT molecular complexity index is 555. The van der Waals surface area contributed by atoms with Crippen molar-refractivity contribution in [1.29, 1.82) is 0 Å². The minimum atomic E-state index is 0.748. The number of benzene rings is 2. The van der Waals surface area contributed by atoms with Gasteiger partial charge in [-0.3, -0.25) is 0 Å². The molecule has 0 fully saturated rings. The summed E-state index contributed by atoms with van der Waals surface area (Å²) in [7, 11) is 0. The Morgan fingerprint density at radius 2 is 1.81 bits per heavy atom. The molecule has 2 rings (SSSR count). The summed E-state index contributed by atoms with van der Waals surface area (Å²) in [5.41, 5.74) is 2.09. The van der Waals surface area contributed by atoms with Gasteiger partial charge >= 0.3 is 0 Å². The summed E-state index contributed by atoms with van der Waals surface area (Å²) in [5.74, 6) is 0. The van der Waals surface area contributed by atoms with Crippen molar-refractivity contribution in [2.75, 3.05) is 0 Å². The van der Waals surface area contributed by atoms with E-state index < -0.39 is 0 Å². The van der Waals surface area contributed by atoms with Crippen molar-refractivity contribution in [1.82, 2.24) is 0 Å². The molecule has 0 aliphatic heterocycles. The van der Waals surface area contributed by atoms with Crippen LogP contribution in [0.2, 0.25) is 0 Å². The van der Waals surface area contributed by atoms with Crippen LogP contribution < -0.4 is 0 Å². The highest BCUT2D eigenvalue weighted by Crippen LogP contribution is 2.25. The van der Waals surface area contributed by atoms with Gasteiger partial charge in [-0.05, 0) is 34.9 Å². The van der Waals surface area contributed by atoms with Crippen LogP contribution in [0.15, 0.2) is 60.2 Å². The van der Waals surface area contributed by atoms with Crippen LogP contribution in [0.5, 0.6) is 0 Å². The Kier molecular flexibility index (Phi) is 3.12. The maximum absolute atomic E-state index is 5.87. The number of fused-ring (bicyclic) bond motifs is 1. The fraction of sp³-hybridized carbons (Fsp3) is 0.0667. The van der Waals surface area contributed by atoms with Crippen molar-refractivity contribution >= 4 is 27.9 Å². The van der Waals surface area contributed by atoms with Crippen LogP contribution in [0.3, 0.4) is 0 Å². The molecule has 0 bridgehead atoms. The van der Waals surface area contributed by atoms with E-state index in [0.717, 1.165) is 16.2 Å². The lowest BCUT2D eigenvalue weighted by Crippen LogP contribution is -1.83. The summed E-state index contributed by atoms with van der Waals surface area (Å²) in [6, 6.07) is 14.5. The van der Waals surface area contributed by atoms with Gasteiger partial charge in [-0.15, -0.1) is 0 Å². The molecular formula is C15H13Cl. The van der Waals surface area contributed by atoms with Gasteiger partial charge in [0, 0.05) is 5.03 Å². The van der Waals surface area contributed by atoms with E-state index in [1.165, 1.54) is 10.8 Å². The zero-order valence-electron chi connectivity index (χ0n) is 9.20. The number of hydrogen-bond donors (Lipinski definition) is 0. The molecule has 0 atom stereocenters. The highest BCUT2D eigenvalue weighted by molar-refractivity contribution is 6.30. The minimum absolute atomic E-state index is 0.748. The maximum atomic E-state index is 5.87. The molecule has 0 N–H and O–H groups in total. The van der Waals surface area contributed by atoms with Crippen molar-refractivity contribution in [3.05, 3.63) is 65.7 Å². The van der Waals surface area contributed by atoms with Gasteiger partial charge in [0.1, 0.15) is 0 Å². The highest BCUT2D eigenvalue weighted by atomic mass is 35.5. The second-order valence-corrected chi connectivity index (χ2v) is 4.38. The van der Waals surface area contributed by atoms with E-state index in [4.69, 9.17) is 11.6 Å². The molecule has 0 saturated heterocycles. The van der Waals surface area contributed by atoms with Crippen molar-refractivity contribution in [3.63, 3.8) is 0 Å². The first kappa shape index (κ1) is 11.0. The van der Waals surface area contributed by atoms with Gasteiger partial charge in [0.2, 0.25) is 0 Å². The first-order chi connectivity index (χ1) is 7.68. The molecule has 0 spiro atoms. The minimum Gasteiger partial charge on any atom is -0.0911 e. The molecule has 0 aromatic heterocycles. The van der Waals surface area contributed by atoms with Gasteiger partial charge in [-0.25, -0.2) is 0 Å². The number of allylic oxidation sites excluding steroid dienone is 3. The number of rotatable bonds is 2. The highest BCUT2D eigenvalue weighted by Gasteiger charge is 2.01. The van der Waals surface area contributed by atoms with Gasteiger partial charge < -0.3 is 0 Å². The molecule has 0 heterocycles. The predicted molar refractivity (Wildman–Crippen MR) is 72.6 cm³/mol. The molecule has 2 aromatic rings. The summed E-state index contributed by atoms with van der Waals surface area (Å²) in [6.07, 6.45) is 1.89. The average molecular weight is 229 g/mol. The standard InChI is InChI=1S/C15H13Cl/c1-11(10-12(2)16)14-9-5-7-13-6-3-4-8-15(13)14/h3-10H,1H2,2H3/b12-10+. The van der Waals surface area contributed by atoms with Crippen molar-refractivity contribution in [3.8, 4) is 0 Å². The summed E-state index contributed by atoms with van der Waals surface area (Å²) in [5, 5.41) is 3.18. The smallest absolute Gasteiger partial charge is 0.0155 e. The summed E-state index contributed by atoms with van der Waals surface area (Å²) in [4.78, 5) is 0. The van der Waals surface area contributed by atoms with E-state index in [0.29, 0.717) is 0 Å². The first-order valence-corrected chi connectivity index (χ1v) is 5.57. The number of hydrogen-bond acceptors (Lipinski definition) is 0. The molecule has 0 radical (unpaired) electrons. The van der Waals surface area contributed by atoms with E-state index in [2.05, 4.69) is 30.8 Å². The number of halogens is 1. The third-order valence-electron chi connectivity index (χ3n) is 2.51. The van der Waals surface area contributed by atoms with Crippen LogP contribution in [0.25, 0.3) is 16.3 Å². The van der Waals surface area contributed by atoms with Gasteiger partial charge in [0.15, 0.2) is 0 Å². The zero-order valence-corrected chi connectivity index (χ0v) is 9.96. The monoisotopic (exact) mass is 228 g/mol. The topological polar surface area (TPSA) is 0 Å². The Labute approximate surface area is 101 Å². The summed E-state index contributed by atoms with van der Waals surface area (Å²) < 4.78 is 0. The Morgan fingerprint density at radius 3 is 2.56 bits per heavy atom.